The number of aliphatic carboxylic acids is 3. The van der Waals surface area contributed by atoms with Gasteiger partial charge in [-0.05, 0) is 76.9 Å². The first-order valence-corrected chi connectivity index (χ1v) is 15.7. The molecule has 19 nitrogen and oxygen atoms in total. The molecule has 0 aliphatic rings. The number of phenolic OH excluding ortho intramolecular Hbond substituents is 4. The van der Waals surface area contributed by atoms with Crippen molar-refractivity contribution in [1.82, 2.24) is 10.6 Å². The SMILES string of the molecule is CC(C)(C)NCC(O)c1cc(O)cc(O)c1.CC(C)(C)NCC(O)c1cc(O)cc(O)c1.O=C(O)CC(O)(CC(=O)O)C(=O)O.O=S(=O)(O)O. The number of carboxylic acids is 3. The van der Waals surface area contributed by atoms with Crippen molar-refractivity contribution in [3.05, 3.63) is 47.5 Å². The van der Waals surface area contributed by atoms with Gasteiger partial charge in [-0.1, -0.05) is 0 Å². The summed E-state index contributed by atoms with van der Waals surface area (Å²) in [6.07, 6.45) is -3.79. The Bertz CT molecular complexity index is 1370. The third kappa shape index (κ3) is 25.7. The average Bonchev–Trinajstić information content (AvgIpc) is 2.87. The Kier molecular flexibility index (Phi) is 19.5. The van der Waals surface area contributed by atoms with Crippen LogP contribution in [-0.4, -0.2) is 116 Å². The molecule has 50 heavy (non-hydrogen) atoms. The van der Waals surface area contributed by atoms with E-state index in [-0.39, 0.29) is 34.1 Å². The number of phenols is 4. The van der Waals surface area contributed by atoms with Crippen molar-refractivity contribution in [3.63, 3.8) is 0 Å². The van der Waals surface area contributed by atoms with Crippen LogP contribution in [0.3, 0.4) is 0 Å². The molecule has 2 aromatic rings. The summed E-state index contributed by atoms with van der Waals surface area (Å²) in [5, 5.41) is 96.9. The number of aliphatic hydroxyl groups is 3. The number of hydrogen-bond donors (Lipinski definition) is 14. The minimum absolute atomic E-state index is 0.0511. The van der Waals surface area contributed by atoms with Gasteiger partial charge in [-0.15, -0.1) is 0 Å². The fraction of sp³-hybridized carbons (Fsp3) is 0.500. The molecule has 0 saturated heterocycles. The van der Waals surface area contributed by atoms with Crippen molar-refractivity contribution in [2.24, 2.45) is 0 Å². The Morgan fingerprint density at radius 2 is 0.860 bits per heavy atom. The number of β-amino-alcohol motifs (C(OH)–C–C–N with tert-alkyl or cyclic N) is 2. The lowest BCUT2D eigenvalue weighted by atomic mass is 9.96. The quantitative estimate of drug-likeness (QED) is 0.144. The molecular weight excluding hydrogens is 692 g/mol. The molecule has 14 N–H and O–H groups in total. The lowest BCUT2D eigenvalue weighted by Gasteiger charge is -2.23. The second-order valence-corrected chi connectivity index (χ2v) is 13.7. The Morgan fingerprint density at radius 3 is 1.04 bits per heavy atom. The van der Waals surface area contributed by atoms with E-state index in [2.05, 4.69) is 10.6 Å². The van der Waals surface area contributed by atoms with Gasteiger partial charge in [-0.3, -0.25) is 18.7 Å². The highest BCUT2D eigenvalue weighted by Crippen LogP contribution is 2.26. The maximum absolute atomic E-state index is 10.3. The maximum atomic E-state index is 10.3. The van der Waals surface area contributed by atoms with Gasteiger partial charge in [0, 0.05) is 36.3 Å². The number of carboxylic acid groups (broad SMARTS) is 3. The van der Waals surface area contributed by atoms with Crippen LogP contribution in [0.5, 0.6) is 23.0 Å². The van der Waals surface area contributed by atoms with Gasteiger partial charge in [0.1, 0.15) is 23.0 Å². The molecule has 0 amide bonds. The van der Waals surface area contributed by atoms with Crippen LogP contribution >= 0.6 is 0 Å². The van der Waals surface area contributed by atoms with E-state index in [4.69, 9.17) is 37.9 Å². The van der Waals surface area contributed by atoms with Crippen LogP contribution < -0.4 is 10.6 Å². The summed E-state index contributed by atoms with van der Waals surface area (Å²) >= 11 is 0. The fourth-order valence-corrected chi connectivity index (χ4v) is 3.38. The second kappa shape index (κ2) is 20.4. The Balaban J connectivity index is 0. The van der Waals surface area contributed by atoms with Crippen molar-refractivity contribution in [2.45, 2.75) is 83.3 Å². The summed E-state index contributed by atoms with van der Waals surface area (Å²) in [6, 6.07) is 8.22. The summed E-state index contributed by atoms with van der Waals surface area (Å²) in [7, 11) is -4.67. The summed E-state index contributed by atoms with van der Waals surface area (Å²) < 4.78 is 31.6. The normalized spacial score (nSPS) is 12.8. The Hall–Kier alpha value is -4.28. The van der Waals surface area contributed by atoms with E-state index < -0.39 is 59.0 Å². The molecule has 2 rings (SSSR count). The van der Waals surface area contributed by atoms with Gasteiger partial charge in [0.2, 0.25) is 0 Å². The van der Waals surface area contributed by atoms with E-state index in [9.17, 15) is 45.0 Å². The van der Waals surface area contributed by atoms with Gasteiger partial charge in [-0.25, -0.2) is 4.79 Å². The third-order valence-corrected chi connectivity index (χ3v) is 5.56. The van der Waals surface area contributed by atoms with Crippen molar-refractivity contribution in [1.29, 1.82) is 0 Å². The maximum Gasteiger partial charge on any atom is 0.394 e. The summed E-state index contributed by atoms with van der Waals surface area (Å²) in [6.45, 7) is 12.7. The van der Waals surface area contributed by atoms with Gasteiger partial charge < -0.3 is 61.7 Å². The topological polar surface area (TPSA) is 352 Å². The minimum atomic E-state index is -4.67. The smallest absolute Gasteiger partial charge is 0.394 e. The van der Waals surface area contributed by atoms with E-state index in [1.54, 1.807) is 0 Å². The van der Waals surface area contributed by atoms with E-state index in [1.807, 2.05) is 41.5 Å². The van der Waals surface area contributed by atoms with E-state index in [1.165, 1.54) is 36.4 Å². The monoisotopic (exact) mass is 740 g/mol. The van der Waals surface area contributed by atoms with Crippen LogP contribution in [0.15, 0.2) is 36.4 Å². The first-order valence-electron chi connectivity index (χ1n) is 14.3. The number of hydrogen-bond acceptors (Lipinski definition) is 14. The third-order valence-electron chi connectivity index (χ3n) is 5.56. The molecular formula is C30H48N2O17S. The van der Waals surface area contributed by atoms with Crippen molar-refractivity contribution in [2.75, 3.05) is 13.1 Å². The van der Waals surface area contributed by atoms with Crippen LogP contribution in [0.4, 0.5) is 0 Å². The molecule has 0 aromatic heterocycles. The molecule has 0 aliphatic carbocycles. The number of carbonyl (C=O) groups is 3. The van der Waals surface area contributed by atoms with Crippen LogP contribution in [0.1, 0.15) is 77.7 Å². The zero-order chi connectivity index (χ0) is 39.8. The van der Waals surface area contributed by atoms with Crippen molar-refractivity contribution < 1.29 is 83.0 Å². The average molecular weight is 741 g/mol. The van der Waals surface area contributed by atoms with Crippen LogP contribution in [0.2, 0.25) is 0 Å². The van der Waals surface area contributed by atoms with Crippen molar-refractivity contribution >= 4 is 28.3 Å². The van der Waals surface area contributed by atoms with E-state index >= 15 is 0 Å². The Morgan fingerprint density at radius 1 is 0.620 bits per heavy atom. The molecule has 0 aliphatic heterocycles. The highest BCUT2D eigenvalue weighted by atomic mass is 32.3. The summed E-state index contributed by atoms with van der Waals surface area (Å²) in [5.74, 6) is -5.22. The number of aromatic hydroxyl groups is 4. The van der Waals surface area contributed by atoms with E-state index in [0.717, 1.165) is 0 Å². The molecule has 0 saturated carbocycles. The molecule has 2 unspecified atom stereocenters. The number of benzene rings is 2. The van der Waals surface area contributed by atoms with Crippen LogP contribution in [0.25, 0.3) is 0 Å². The number of nitrogens with one attached hydrogen (secondary N) is 2. The summed E-state index contributed by atoms with van der Waals surface area (Å²) in [4.78, 5) is 30.5. The number of aliphatic hydroxyl groups excluding tert-OH is 2. The van der Waals surface area contributed by atoms with Gasteiger partial charge in [0.05, 0.1) is 25.0 Å². The van der Waals surface area contributed by atoms with Crippen LogP contribution in [-0.2, 0) is 24.8 Å². The molecule has 2 aromatic carbocycles. The molecule has 286 valence electrons. The zero-order valence-corrected chi connectivity index (χ0v) is 29.1. The minimum Gasteiger partial charge on any atom is -0.508 e. The highest BCUT2D eigenvalue weighted by molar-refractivity contribution is 7.79. The molecule has 2 atom stereocenters. The predicted octanol–water partition coefficient (Wildman–Crippen LogP) is 1.14. The second-order valence-electron chi connectivity index (χ2n) is 12.8. The Labute approximate surface area is 288 Å². The number of rotatable bonds is 11. The van der Waals surface area contributed by atoms with Gasteiger partial charge >= 0.3 is 28.3 Å². The van der Waals surface area contributed by atoms with E-state index in [0.29, 0.717) is 24.2 Å². The zero-order valence-electron chi connectivity index (χ0n) is 28.3. The van der Waals surface area contributed by atoms with Gasteiger partial charge in [0.15, 0.2) is 5.60 Å². The van der Waals surface area contributed by atoms with Crippen molar-refractivity contribution in [3.8, 4) is 23.0 Å². The highest BCUT2D eigenvalue weighted by Gasteiger charge is 2.40. The summed E-state index contributed by atoms with van der Waals surface area (Å²) in [5.41, 5.74) is -1.92. The lowest BCUT2D eigenvalue weighted by Crippen LogP contribution is -2.42. The molecule has 0 heterocycles. The van der Waals surface area contributed by atoms with Crippen LogP contribution in [0, 0.1) is 0 Å². The molecule has 20 heteroatoms. The molecule has 0 bridgehead atoms. The molecule has 0 fully saturated rings. The largest absolute Gasteiger partial charge is 0.508 e. The first-order chi connectivity index (χ1) is 22.3. The lowest BCUT2D eigenvalue weighted by molar-refractivity contribution is -0.170. The fourth-order valence-electron chi connectivity index (χ4n) is 3.38. The van der Waals surface area contributed by atoms with Gasteiger partial charge in [-0.2, -0.15) is 8.42 Å². The first kappa shape index (κ1) is 47.8. The predicted molar refractivity (Wildman–Crippen MR) is 176 cm³/mol. The standard InChI is InChI=1S/2C12H19NO3.C6H8O7.H2O4S/c2*1-12(2,3)13-7-11(16)8-4-9(14)6-10(15)5-8;7-3(8)1-6(13,5(11)12)2-4(9)10;1-5(2,3)4/h2*4-6,11,13-16H,7H2,1-3H3;13H,1-2H2,(H,7,8)(H,9,10)(H,11,12);(H2,1,2,3,4). The molecule has 0 spiro atoms. The molecule has 0 radical (unpaired) electrons. The van der Waals surface area contributed by atoms with Gasteiger partial charge in [0.25, 0.3) is 0 Å².